The van der Waals surface area contributed by atoms with E-state index in [9.17, 15) is 14.4 Å². The molecular formula is C39H32N4O4S3. The lowest BCUT2D eigenvalue weighted by Crippen LogP contribution is -2.30. The minimum atomic E-state index is -0.567. The molecule has 1 atom stereocenters. The fourth-order valence-corrected chi connectivity index (χ4v) is 7.24. The molecule has 0 saturated carbocycles. The van der Waals surface area contributed by atoms with Gasteiger partial charge in [0.2, 0.25) is 5.91 Å². The summed E-state index contributed by atoms with van der Waals surface area (Å²) in [5.41, 5.74) is 3.64. The van der Waals surface area contributed by atoms with Crippen molar-refractivity contribution < 1.29 is 19.1 Å². The number of nitrogens with zero attached hydrogens (tertiary/aromatic N) is 1. The van der Waals surface area contributed by atoms with Crippen LogP contribution in [-0.4, -0.2) is 29.3 Å². The topological polar surface area (TPSA) is 109 Å². The highest BCUT2D eigenvalue weighted by molar-refractivity contribution is 8.00. The molecule has 2 heterocycles. The van der Waals surface area contributed by atoms with Gasteiger partial charge in [-0.2, -0.15) is 0 Å². The highest BCUT2D eigenvalue weighted by atomic mass is 32.2. The Morgan fingerprint density at radius 2 is 1.54 bits per heavy atom. The maximum Gasteiger partial charge on any atom is 0.272 e. The zero-order valence-corrected chi connectivity index (χ0v) is 29.3. The lowest BCUT2D eigenvalue weighted by molar-refractivity contribution is -0.116. The number of nitrogens with one attached hydrogen (secondary N) is 3. The second-order valence-electron chi connectivity index (χ2n) is 10.8. The van der Waals surface area contributed by atoms with Crippen molar-refractivity contribution in [1.82, 2.24) is 10.3 Å². The molecule has 3 amide bonds. The summed E-state index contributed by atoms with van der Waals surface area (Å²) in [7, 11) is 0. The van der Waals surface area contributed by atoms with Gasteiger partial charge in [0, 0.05) is 32.0 Å². The summed E-state index contributed by atoms with van der Waals surface area (Å²) in [4.78, 5) is 46.3. The van der Waals surface area contributed by atoms with Crippen LogP contribution in [0.5, 0.6) is 5.75 Å². The van der Waals surface area contributed by atoms with Gasteiger partial charge in [0.15, 0.2) is 5.13 Å². The Morgan fingerprint density at radius 3 is 2.22 bits per heavy atom. The van der Waals surface area contributed by atoms with Gasteiger partial charge in [-0.1, -0.05) is 54.6 Å². The third-order valence-corrected chi connectivity index (χ3v) is 10.1. The van der Waals surface area contributed by atoms with E-state index >= 15 is 0 Å². The van der Waals surface area contributed by atoms with Crippen LogP contribution < -0.4 is 20.7 Å². The van der Waals surface area contributed by atoms with Crippen LogP contribution in [-0.2, 0) is 9.59 Å². The van der Waals surface area contributed by atoms with E-state index in [0.29, 0.717) is 23.0 Å². The Labute approximate surface area is 302 Å². The van der Waals surface area contributed by atoms with Crippen molar-refractivity contribution in [3.8, 4) is 17.0 Å². The first kappa shape index (κ1) is 34.4. The first-order valence-corrected chi connectivity index (χ1v) is 18.3. The molecule has 0 bridgehead atoms. The van der Waals surface area contributed by atoms with Gasteiger partial charge in [-0.25, -0.2) is 4.98 Å². The van der Waals surface area contributed by atoms with Crippen molar-refractivity contribution in [3.63, 3.8) is 0 Å². The number of ether oxygens (including phenoxy) is 1. The minimum absolute atomic E-state index is 0.119. The summed E-state index contributed by atoms with van der Waals surface area (Å²) in [5.74, 6) is -0.256. The maximum absolute atomic E-state index is 13.7. The first-order valence-electron chi connectivity index (χ1n) is 15.7. The molecule has 0 radical (unpaired) electrons. The number of benzene rings is 4. The van der Waals surface area contributed by atoms with Crippen molar-refractivity contribution in [2.45, 2.75) is 17.1 Å². The summed E-state index contributed by atoms with van der Waals surface area (Å²) in [6, 6.07) is 37.0. The van der Waals surface area contributed by atoms with Crippen LogP contribution in [0.1, 0.15) is 33.0 Å². The standard InChI is InChI=1S/C39H32N4O4S3/c1-2-47-30-19-15-26(16-20-30)34-25-49-39(42-34)43-38(46)35(27-10-5-3-6-11-27)50-31-21-17-29(18-22-31)40-37(45)33(24-32-14-9-23-48-32)41-36(44)28-12-7-4-8-13-28/h3-25,35H,2H2,1H3,(H,40,45)(H,41,44)(H,42,43,46)/b33-24-. The summed E-state index contributed by atoms with van der Waals surface area (Å²) in [6.45, 7) is 2.54. The lowest BCUT2D eigenvalue weighted by atomic mass is 10.1. The van der Waals surface area contributed by atoms with Crippen molar-refractivity contribution in [2.24, 2.45) is 0 Å². The first-order chi connectivity index (χ1) is 24.4. The van der Waals surface area contributed by atoms with Crippen molar-refractivity contribution >= 4 is 69.1 Å². The number of hydrogen-bond acceptors (Lipinski definition) is 8. The Hall–Kier alpha value is -5.49. The van der Waals surface area contributed by atoms with Crippen LogP contribution >= 0.6 is 34.4 Å². The highest BCUT2D eigenvalue weighted by Gasteiger charge is 2.24. The van der Waals surface area contributed by atoms with E-state index in [4.69, 9.17) is 4.74 Å². The van der Waals surface area contributed by atoms with Crippen LogP contribution in [0.4, 0.5) is 10.8 Å². The number of hydrogen-bond donors (Lipinski definition) is 3. The van der Waals surface area contributed by atoms with Gasteiger partial charge in [-0.3, -0.25) is 14.4 Å². The van der Waals surface area contributed by atoms with E-state index in [2.05, 4.69) is 20.9 Å². The molecule has 6 rings (SSSR count). The Bertz CT molecular complexity index is 2060. The van der Waals surface area contributed by atoms with Gasteiger partial charge in [0.1, 0.15) is 16.7 Å². The van der Waals surface area contributed by atoms with E-state index < -0.39 is 11.2 Å². The molecule has 2 aromatic heterocycles. The molecule has 0 spiro atoms. The van der Waals surface area contributed by atoms with Crippen LogP contribution in [0.2, 0.25) is 0 Å². The van der Waals surface area contributed by atoms with Crippen molar-refractivity contribution in [2.75, 3.05) is 17.2 Å². The molecule has 0 fully saturated rings. The number of carbonyl (C=O) groups excluding carboxylic acids is 3. The average molecular weight is 717 g/mol. The molecule has 0 aliphatic carbocycles. The summed E-state index contributed by atoms with van der Waals surface area (Å²) >= 11 is 4.22. The van der Waals surface area contributed by atoms with Gasteiger partial charge in [0.05, 0.1) is 12.3 Å². The van der Waals surface area contributed by atoms with Crippen LogP contribution in [0.15, 0.2) is 143 Å². The number of amides is 3. The molecule has 50 heavy (non-hydrogen) atoms. The number of thiophene rings is 1. The van der Waals surface area contributed by atoms with Crippen LogP contribution in [0.3, 0.4) is 0 Å². The number of carbonyl (C=O) groups is 3. The average Bonchev–Trinajstić information content (AvgIpc) is 3.85. The molecule has 6 aromatic rings. The molecule has 3 N–H and O–H groups in total. The largest absolute Gasteiger partial charge is 0.494 e. The molecular weight excluding hydrogens is 685 g/mol. The second kappa shape index (κ2) is 16.8. The number of rotatable bonds is 13. The third-order valence-electron chi connectivity index (χ3n) is 7.26. The van der Waals surface area contributed by atoms with E-state index in [-0.39, 0.29) is 17.5 Å². The number of anilines is 2. The summed E-state index contributed by atoms with van der Waals surface area (Å²) < 4.78 is 5.54. The molecule has 0 aliphatic rings. The normalized spacial score (nSPS) is 11.7. The van der Waals surface area contributed by atoms with E-state index in [1.807, 2.05) is 103 Å². The quantitative estimate of drug-likeness (QED) is 0.0813. The number of thiazole rings is 1. The minimum Gasteiger partial charge on any atom is -0.494 e. The predicted molar refractivity (Wildman–Crippen MR) is 204 cm³/mol. The monoisotopic (exact) mass is 716 g/mol. The van der Waals surface area contributed by atoms with Crippen LogP contribution in [0, 0.1) is 0 Å². The summed E-state index contributed by atoms with van der Waals surface area (Å²) in [5, 5.41) is 12.4. The summed E-state index contributed by atoms with van der Waals surface area (Å²) in [6.07, 6.45) is 1.65. The van der Waals surface area contributed by atoms with Crippen molar-refractivity contribution in [3.05, 3.63) is 154 Å². The molecule has 11 heteroatoms. The third kappa shape index (κ3) is 9.14. The van der Waals surface area contributed by atoms with Gasteiger partial charge in [-0.15, -0.1) is 34.4 Å². The molecule has 0 aliphatic heterocycles. The van der Waals surface area contributed by atoms with Gasteiger partial charge < -0.3 is 20.7 Å². The Kier molecular flexibility index (Phi) is 11.5. The fraction of sp³-hybridized carbons (Fsp3) is 0.0769. The number of aromatic nitrogens is 1. The number of thioether (sulfide) groups is 1. The molecule has 250 valence electrons. The molecule has 0 saturated heterocycles. The van der Waals surface area contributed by atoms with E-state index in [0.717, 1.165) is 32.3 Å². The maximum atomic E-state index is 13.7. The van der Waals surface area contributed by atoms with Gasteiger partial charge in [-0.05, 0) is 90.7 Å². The zero-order valence-electron chi connectivity index (χ0n) is 26.9. The molecule has 4 aromatic carbocycles. The highest BCUT2D eigenvalue weighted by Crippen LogP contribution is 2.37. The fourth-order valence-electron chi connectivity index (χ4n) is 4.83. The zero-order chi connectivity index (χ0) is 34.7. The Balaban J connectivity index is 1.14. The SMILES string of the molecule is CCOc1ccc(-c2csc(NC(=O)C(Sc3ccc(NC(=O)/C(=C/c4cccs4)NC(=O)c4ccccc4)cc3)c3ccccc3)n2)cc1. The second-order valence-corrected chi connectivity index (χ2v) is 13.8. The van der Waals surface area contributed by atoms with Gasteiger partial charge >= 0.3 is 0 Å². The predicted octanol–water partition coefficient (Wildman–Crippen LogP) is 9.15. The lowest BCUT2D eigenvalue weighted by Gasteiger charge is -2.17. The van der Waals surface area contributed by atoms with Crippen LogP contribution in [0.25, 0.3) is 17.3 Å². The van der Waals surface area contributed by atoms with E-state index in [1.165, 1.54) is 34.4 Å². The van der Waals surface area contributed by atoms with Crippen molar-refractivity contribution in [1.29, 1.82) is 0 Å². The Morgan fingerprint density at radius 1 is 0.820 bits per heavy atom. The smallest absolute Gasteiger partial charge is 0.272 e. The van der Waals surface area contributed by atoms with E-state index in [1.54, 1.807) is 42.5 Å². The molecule has 1 unspecified atom stereocenters. The molecule has 8 nitrogen and oxygen atoms in total. The van der Waals surface area contributed by atoms with Gasteiger partial charge in [0.25, 0.3) is 11.8 Å².